The second-order valence-corrected chi connectivity index (χ2v) is 16.5. The van der Waals surface area contributed by atoms with Gasteiger partial charge in [-0.1, -0.05) is 35.3 Å². The standard InChI is InChI=1S/C22H24ClN5O5.C19H20ClN5O5/c1-21(2)32-16-19(28-8-7-14-17(23)25-11-26-18(14)28)31-15(22(16,3)33-21)10-30-13-6-4-5-12(9-13)27-20(24)29;1-19(28)13(8-29-11-4-2-3-10(7-11)24-18(21)27)30-17(14(19)26)25-6-5-12-15(20)22-9-23-16(12)25/h4-9,11,15-16,19H,10H2,1-3H3,(H3,24,27,29);2-7,9,13-14,17,26,28H,8H2,1H3,(H3,21,24,27)/t15-,16+,19-,22-;13-,14+,17-,19-/m11/s1. The van der Waals surface area contributed by atoms with Crippen molar-refractivity contribution in [3.05, 3.63) is 96.0 Å². The molecule has 3 aliphatic rings. The maximum Gasteiger partial charge on any atom is 0.316 e. The summed E-state index contributed by atoms with van der Waals surface area (Å²) in [7, 11) is 0. The summed E-state index contributed by atoms with van der Waals surface area (Å²) in [5.41, 5.74) is 10.0. The van der Waals surface area contributed by atoms with E-state index in [1.54, 1.807) is 65.4 Å². The number of anilines is 2. The molecule has 0 spiro atoms. The van der Waals surface area contributed by atoms with Crippen molar-refractivity contribution in [1.29, 1.82) is 0 Å². The van der Waals surface area contributed by atoms with Crippen LogP contribution in [0.25, 0.3) is 22.1 Å². The second kappa shape index (κ2) is 17.0. The normalized spacial score (nSPS) is 27.1. The van der Waals surface area contributed by atoms with Gasteiger partial charge in [0.1, 0.15) is 94.6 Å². The lowest BCUT2D eigenvalue weighted by Gasteiger charge is -2.29. The molecule has 4 aromatic heterocycles. The molecule has 22 heteroatoms. The number of hydrogen-bond donors (Lipinski definition) is 6. The van der Waals surface area contributed by atoms with Gasteiger partial charge in [0.2, 0.25) is 0 Å². The minimum atomic E-state index is -1.60. The lowest BCUT2D eigenvalue weighted by Crippen LogP contribution is -2.47. The van der Waals surface area contributed by atoms with E-state index in [9.17, 15) is 19.8 Å². The Morgan fingerprint density at radius 3 is 1.78 bits per heavy atom. The Hall–Kier alpha value is -5.84. The van der Waals surface area contributed by atoms with Crippen LogP contribution in [-0.2, 0) is 18.9 Å². The van der Waals surface area contributed by atoms with Gasteiger partial charge in [-0.2, -0.15) is 0 Å². The van der Waals surface area contributed by atoms with Crippen LogP contribution in [0.5, 0.6) is 11.5 Å². The van der Waals surface area contributed by atoms with Gasteiger partial charge in [-0.05, 0) is 64.1 Å². The van der Waals surface area contributed by atoms with E-state index in [-0.39, 0.29) is 18.4 Å². The van der Waals surface area contributed by atoms with Gasteiger partial charge in [0.05, 0.1) is 10.8 Å². The van der Waals surface area contributed by atoms with Crippen molar-refractivity contribution in [1.82, 2.24) is 29.1 Å². The number of carbonyl (C=O) groups excluding carboxylic acids is 2. The van der Waals surface area contributed by atoms with Crippen molar-refractivity contribution in [2.45, 2.75) is 81.6 Å². The molecule has 4 amide bonds. The van der Waals surface area contributed by atoms with Crippen LogP contribution < -0.4 is 31.6 Å². The lowest BCUT2D eigenvalue weighted by atomic mass is 9.95. The molecule has 8 atom stereocenters. The summed E-state index contributed by atoms with van der Waals surface area (Å²) < 4.78 is 40.2. The minimum absolute atomic E-state index is 0.0461. The first-order valence-electron chi connectivity index (χ1n) is 19.6. The maximum atomic E-state index is 11.1. The number of fused-ring (bicyclic) bond motifs is 3. The molecule has 0 aliphatic carbocycles. The number of rotatable bonds is 10. The van der Waals surface area contributed by atoms with E-state index in [2.05, 4.69) is 30.6 Å². The number of nitrogens with two attached hydrogens (primary N) is 2. The molecule has 63 heavy (non-hydrogen) atoms. The fourth-order valence-corrected chi connectivity index (χ4v) is 8.33. The lowest BCUT2D eigenvalue weighted by molar-refractivity contribution is -0.213. The number of urea groups is 2. The van der Waals surface area contributed by atoms with Crippen molar-refractivity contribution < 1.29 is 48.2 Å². The van der Waals surface area contributed by atoms with Crippen molar-refractivity contribution in [2.24, 2.45) is 11.5 Å². The first kappa shape index (κ1) is 43.8. The molecule has 3 aliphatic heterocycles. The number of hydrogen-bond acceptors (Lipinski definition) is 14. The molecule has 3 saturated heterocycles. The van der Waals surface area contributed by atoms with Crippen LogP contribution in [0.4, 0.5) is 21.0 Å². The van der Waals surface area contributed by atoms with Crippen LogP contribution in [0, 0.1) is 0 Å². The van der Waals surface area contributed by atoms with Gasteiger partial charge < -0.3 is 69.9 Å². The minimum Gasteiger partial charge on any atom is -0.491 e. The first-order valence-corrected chi connectivity index (χ1v) is 20.3. The van der Waals surface area contributed by atoms with Gasteiger partial charge in [-0.15, -0.1) is 0 Å². The highest BCUT2D eigenvalue weighted by atomic mass is 35.5. The van der Waals surface area contributed by atoms with Crippen molar-refractivity contribution in [2.75, 3.05) is 23.8 Å². The van der Waals surface area contributed by atoms with Gasteiger partial charge in [0.25, 0.3) is 0 Å². The Labute approximate surface area is 369 Å². The summed E-state index contributed by atoms with van der Waals surface area (Å²) in [5.74, 6) is 0.183. The molecule has 0 radical (unpaired) electrons. The fraction of sp³-hybridized carbons (Fsp3) is 0.366. The van der Waals surface area contributed by atoms with Gasteiger partial charge in [-0.3, -0.25) is 0 Å². The smallest absolute Gasteiger partial charge is 0.316 e. The quantitative estimate of drug-likeness (QED) is 0.0975. The van der Waals surface area contributed by atoms with Crippen molar-refractivity contribution >= 4 is 68.7 Å². The highest BCUT2D eigenvalue weighted by Crippen LogP contribution is 2.51. The number of carbonyl (C=O) groups is 2. The number of primary amides is 2. The molecule has 6 aromatic rings. The van der Waals surface area contributed by atoms with Crippen LogP contribution in [0.3, 0.4) is 0 Å². The predicted octanol–water partition coefficient (Wildman–Crippen LogP) is 5.13. The number of nitrogens with zero attached hydrogens (tertiary/aromatic N) is 6. The molecule has 8 N–H and O–H groups in total. The predicted molar refractivity (Wildman–Crippen MR) is 228 cm³/mol. The van der Waals surface area contributed by atoms with Crippen LogP contribution in [0.15, 0.2) is 85.7 Å². The number of nitrogens with one attached hydrogen (secondary N) is 2. The Morgan fingerprint density at radius 2 is 1.25 bits per heavy atom. The number of aliphatic hydroxyl groups excluding tert-OH is 1. The topological polar surface area (TPSA) is 268 Å². The molecule has 332 valence electrons. The van der Waals surface area contributed by atoms with E-state index < -0.39 is 65.9 Å². The number of ether oxygens (including phenoxy) is 6. The van der Waals surface area contributed by atoms with E-state index in [0.717, 1.165) is 5.39 Å². The van der Waals surface area contributed by atoms with Gasteiger partial charge >= 0.3 is 12.1 Å². The van der Waals surface area contributed by atoms with E-state index in [1.807, 2.05) is 37.6 Å². The largest absolute Gasteiger partial charge is 0.491 e. The summed E-state index contributed by atoms with van der Waals surface area (Å²) in [6, 6.07) is 15.8. The van der Waals surface area contributed by atoms with Crippen LogP contribution in [-0.4, -0.2) is 106 Å². The van der Waals surface area contributed by atoms with Crippen molar-refractivity contribution in [3.8, 4) is 11.5 Å². The maximum absolute atomic E-state index is 11.1. The number of aromatic nitrogens is 6. The summed E-state index contributed by atoms with van der Waals surface area (Å²) in [6.07, 6.45) is 1.85. The molecule has 0 bridgehead atoms. The Balaban J connectivity index is 0.000000174. The zero-order chi connectivity index (χ0) is 44.8. The number of benzene rings is 2. The van der Waals surface area contributed by atoms with Gasteiger partial charge in [0, 0.05) is 35.9 Å². The zero-order valence-electron chi connectivity index (χ0n) is 34.2. The number of halogens is 2. The van der Waals surface area contributed by atoms with Crippen LogP contribution in [0.2, 0.25) is 10.3 Å². The summed E-state index contributed by atoms with van der Waals surface area (Å²) in [5, 5.41) is 28.6. The van der Waals surface area contributed by atoms with E-state index in [4.69, 9.17) is 63.1 Å². The number of aliphatic hydroxyl groups is 2. The second-order valence-electron chi connectivity index (χ2n) is 15.8. The van der Waals surface area contributed by atoms with Gasteiger partial charge in [-0.25, -0.2) is 29.5 Å². The van der Waals surface area contributed by atoms with E-state index in [0.29, 0.717) is 44.7 Å². The van der Waals surface area contributed by atoms with Crippen LogP contribution in [0.1, 0.15) is 40.2 Å². The SMILES string of the molecule is CC1(C)O[C@H]2[C@H](n3ccc4c(Cl)ncnc43)O[C@H](COc3cccc(NC(N)=O)c3)[C@@]2(C)O1.C[C@@]1(O)[C@@H](COc2cccc(NC(N)=O)c2)O[C@@H](n2ccc3c(Cl)ncnc32)[C@@H]1O. The molecule has 20 nitrogen and oxygen atoms in total. The average Bonchev–Trinajstić information content (AvgIpc) is 4.00. The van der Waals surface area contributed by atoms with Gasteiger partial charge in [0.15, 0.2) is 18.2 Å². The molecule has 2 aromatic carbocycles. The summed E-state index contributed by atoms with van der Waals surface area (Å²) in [4.78, 5) is 38.7. The molecule has 0 unspecified atom stereocenters. The Kier molecular flexibility index (Phi) is 11.8. The highest BCUT2D eigenvalue weighted by molar-refractivity contribution is 6.34. The summed E-state index contributed by atoms with van der Waals surface area (Å²) >= 11 is 12.3. The Bertz CT molecular complexity index is 2660. The van der Waals surface area contributed by atoms with E-state index >= 15 is 0 Å². The van der Waals surface area contributed by atoms with Crippen LogP contribution >= 0.6 is 23.2 Å². The molecular formula is C41H44Cl2N10O10. The molecule has 0 saturated carbocycles. The molecule has 7 heterocycles. The number of amides is 4. The fourth-order valence-electron chi connectivity index (χ4n) is 7.95. The summed E-state index contributed by atoms with van der Waals surface area (Å²) in [6.45, 7) is 7.33. The van der Waals surface area contributed by atoms with E-state index in [1.165, 1.54) is 19.6 Å². The third kappa shape index (κ3) is 8.76. The molecule has 3 fully saturated rings. The monoisotopic (exact) mass is 906 g/mol. The first-order chi connectivity index (χ1) is 29.9. The highest BCUT2D eigenvalue weighted by Gasteiger charge is 2.64. The third-order valence-corrected chi connectivity index (χ3v) is 11.5. The molecular weight excluding hydrogens is 863 g/mol. The average molecular weight is 908 g/mol. The zero-order valence-corrected chi connectivity index (χ0v) is 35.7. The Morgan fingerprint density at radius 1 is 0.762 bits per heavy atom. The third-order valence-electron chi connectivity index (χ3n) is 10.9. The van der Waals surface area contributed by atoms with Crippen molar-refractivity contribution in [3.63, 3.8) is 0 Å². The molecule has 9 rings (SSSR count).